The summed E-state index contributed by atoms with van der Waals surface area (Å²) in [5, 5.41) is 7.78. The van der Waals surface area contributed by atoms with Gasteiger partial charge < -0.3 is 9.40 Å². The Morgan fingerprint density at radius 2 is 2.50 bits per heavy atom. The van der Waals surface area contributed by atoms with Crippen molar-refractivity contribution in [2.45, 2.75) is 0 Å². The smallest absolute Gasteiger partial charge is 0.349 e. The predicted molar refractivity (Wildman–Crippen MR) is 19.0 cm³/mol. The minimum atomic E-state index is -0.836. The quantitative estimate of drug-likeness (QED) is 0.503. The Kier molecular flexibility index (Phi) is 2.80. The number of rotatable bonds is 1. The maximum atomic E-state index is 9.58. The van der Waals surface area contributed by atoms with Gasteiger partial charge >= 0.3 is 5.97 Å². The molecule has 0 radical (unpaired) electrons. The predicted octanol–water partition coefficient (Wildman–Crippen LogP) is -0.324. The molecule has 0 saturated carbocycles. The van der Waals surface area contributed by atoms with E-state index in [1.54, 1.807) is 0 Å². The lowest BCUT2D eigenvalue weighted by atomic mass is 10.8. The summed E-state index contributed by atoms with van der Waals surface area (Å²) in [5.41, 5.74) is 0. The van der Waals surface area contributed by atoms with Crippen molar-refractivity contribution >= 4 is 17.8 Å². The summed E-state index contributed by atoms with van der Waals surface area (Å²) in [5.74, 6) is -0.836. The monoisotopic (exact) mass is 110 g/mol. The van der Waals surface area contributed by atoms with Gasteiger partial charge in [-0.2, -0.15) is 0 Å². The van der Waals surface area contributed by atoms with Crippen LogP contribution in [0.1, 0.15) is 0 Å². The van der Waals surface area contributed by atoms with Crippen LogP contribution >= 0.6 is 11.9 Å². The third-order valence-electron chi connectivity index (χ3n) is 0.215. The van der Waals surface area contributed by atoms with Crippen molar-refractivity contribution in [2.24, 2.45) is 0 Å². The highest BCUT2D eigenvalue weighted by Gasteiger charge is 1.92. The van der Waals surface area contributed by atoms with Crippen LogP contribution in [0.25, 0.3) is 0 Å². The van der Waals surface area contributed by atoms with E-state index in [1.807, 2.05) is 0 Å². The van der Waals surface area contributed by atoms with Crippen molar-refractivity contribution in [3.63, 3.8) is 0 Å². The molecule has 0 aliphatic heterocycles. The molecule has 0 fully saturated rings. The summed E-state index contributed by atoms with van der Waals surface area (Å²) in [6.07, 6.45) is 0. The SMILES string of the molecule is O=C(CO)OCl. The first-order chi connectivity index (χ1) is 2.81. The molecule has 0 aliphatic carbocycles. The Morgan fingerprint density at radius 3 is 2.50 bits per heavy atom. The van der Waals surface area contributed by atoms with Crippen molar-refractivity contribution < 1.29 is 14.2 Å². The van der Waals surface area contributed by atoms with Gasteiger partial charge in [-0.15, -0.1) is 0 Å². The van der Waals surface area contributed by atoms with Crippen molar-refractivity contribution in [2.75, 3.05) is 6.61 Å². The molecule has 0 amide bonds. The van der Waals surface area contributed by atoms with Crippen LogP contribution in [0, 0.1) is 0 Å². The van der Waals surface area contributed by atoms with E-state index in [9.17, 15) is 4.79 Å². The molecule has 0 rings (SSSR count). The zero-order valence-electron chi connectivity index (χ0n) is 2.85. The molecule has 0 aromatic carbocycles. The number of hydrogen-bond donors (Lipinski definition) is 1. The molecule has 1 N–H and O–H groups in total. The molecule has 0 unspecified atom stereocenters. The molecule has 3 nitrogen and oxygen atoms in total. The minimum absolute atomic E-state index is 0.663. The number of aliphatic hydroxyl groups is 1. The first kappa shape index (κ1) is 5.72. The summed E-state index contributed by atoms with van der Waals surface area (Å²) in [6, 6.07) is 0. The highest BCUT2D eigenvalue weighted by Crippen LogP contribution is 1.77. The van der Waals surface area contributed by atoms with Crippen LogP contribution in [-0.4, -0.2) is 17.7 Å². The molecule has 6 heavy (non-hydrogen) atoms. The fraction of sp³-hybridized carbons (Fsp3) is 0.500. The molecule has 0 heterocycles. The van der Waals surface area contributed by atoms with Gasteiger partial charge in [-0.25, -0.2) is 4.79 Å². The van der Waals surface area contributed by atoms with E-state index >= 15 is 0 Å². The lowest BCUT2D eigenvalue weighted by Gasteiger charge is -1.81. The molecule has 0 aromatic rings. The van der Waals surface area contributed by atoms with E-state index in [0.29, 0.717) is 0 Å². The van der Waals surface area contributed by atoms with Gasteiger partial charge in [0, 0.05) is 0 Å². The van der Waals surface area contributed by atoms with Crippen molar-refractivity contribution in [1.29, 1.82) is 0 Å². The van der Waals surface area contributed by atoms with Gasteiger partial charge in [-0.1, -0.05) is 0 Å². The lowest BCUT2D eigenvalue weighted by Crippen LogP contribution is -2.01. The van der Waals surface area contributed by atoms with E-state index in [1.165, 1.54) is 0 Å². The number of carbonyl (C=O) groups excluding carboxylic acids is 1. The fourth-order valence-corrected chi connectivity index (χ4v) is 0.0732. The topological polar surface area (TPSA) is 46.5 Å². The van der Waals surface area contributed by atoms with Gasteiger partial charge in [0.15, 0.2) is 0 Å². The second-order valence-corrected chi connectivity index (χ2v) is 0.762. The number of carbonyl (C=O) groups is 1. The average Bonchev–Trinajstić information content (AvgIpc) is 1.65. The van der Waals surface area contributed by atoms with Gasteiger partial charge in [0.05, 0.1) is 0 Å². The molecular formula is C2H3ClO3. The van der Waals surface area contributed by atoms with Gasteiger partial charge in [-0.05, 0) is 0 Å². The Hall–Kier alpha value is -0.280. The molecule has 0 atom stereocenters. The van der Waals surface area contributed by atoms with Gasteiger partial charge in [0.25, 0.3) is 0 Å². The van der Waals surface area contributed by atoms with Crippen LogP contribution in [0.3, 0.4) is 0 Å². The Morgan fingerprint density at radius 1 is 2.00 bits per heavy atom. The lowest BCUT2D eigenvalue weighted by molar-refractivity contribution is -0.136. The van der Waals surface area contributed by atoms with Crippen LogP contribution in [0.5, 0.6) is 0 Å². The van der Waals surface area contributed by atoms with Gasteiger partial charge in [0.1, 0.15) is 18.5 Å². The zero-order valence-corrected chi connectivity index (χ0v) is 3.60. The number of hydrogen-bond acceptors (Lipinski definition) is 3. The second-order valence-electron chi connectivity index (χ2n) is 0.607. The Labute approximate surface area is 39.6 Å². The summed E-state index contributed by atoms with van der Waals surface area (Å²) in [6.45, 7) is -0.663. The molecule has 0 saturated heterocycles. The van der Waals surface area contributed by atoms with E-state index in [2.05, 4.69) is 16.2 Å². The highest BCUT2D eigenvalue weighted by molar-refractivity contribution is 6.13. The van der Waals surface area contributed by atoms with Crippen LogP contribution in [0.2, 0.25) is 0 Å². The maximum absolute atomic E-state index is 9.58. The first-order valence-electron chi connectivity index (χ1n) is 1.23. The second kappa shape index (κ2) is 2.93. The Balaban J connectivity index is 2.99. The molecule has 0 aromatic heterocycles. The molecule has 0 aliphatic rings. The highest BCUT2D eigenvalue weighted by atomic mass is 35.5. The Bertz CT molecular complexity index is 46.8. The summed E-state index contributed by atoms with van der Waals surface area (Å²) in [4.78, 5) is 9.58. The summed E-state index contributed by atoms with van der Waals surface area (Å²) < 4.78 is 3.48. The zero-order chi connectivity index (χ0) is 4.99. The first-order valence-corrected chi connectivity index (χ1v) is 1.54. The van der Waals surface area contributed by atoms with Crippen LogP contribution in [0.4, 0.5) is 0 Å². The third kappa shape index (κ3) is 1.99. The average molecular weight is 110 g/mol. The largest absolute Gasteiger partial charge is 0.385 e. The molecule has 0 spiro atoms. The van der Waals surface area contributed by atoms with Crippen LogP contribution < -0.4 is 0 Å². The normalized spacial score (nSPS) is 7.67. The molecule has 36 valence electrons. The minimum Gasteiger partial charge on any atom is -0.385 e. The van der Waals surface area contributed by atoms with Crippen LogP contribution in [-0.2, 0) is 9.08 Å². The number of halogens is 1. The molecule has 0 bridgehead atoms. The fourth-order valence-electron chi connectivity index (χ4n) is 0.0244. The number of aliphatic hydroxyl groups excluding tert-OH is 1. The molecular weight excluding hydrogens is 107 g/mol. The summed E-state index contributed by atoms with van der Waals surface area (Å²) in [7, 11) is 0. The summed E-state index contributed by atoms with van der Waals surface area (Å²) >= 11 is 4.44. The maximum Gasteiger partial charge on any atom is 0.349 e. The van der Waals surface area contributed by atoms with E-state index in [-0.39, 0.29) is 0 Å². The van der Waals surface area contributed by atoms with E-state index < -0.39 is 12.6 Å². The van der Waals surface area contributed by atoms with Crippen molar-refractivity contribution in [3.05, 3.63) is 0 Å². The van der Waals surface area contributed by atoms with Crippen LogP contribution in [0.15, 0.2) is 0 Å². The third-order valence-corrected chi connectivity index (χ3v) is 0.387. The van der Waals surface area contributed by atoms with Crippen molar-refractivity contribution in [1.82, 2.24) is 0 Å². The van der Waals surface area contributed by atoms with Crippen molar-refractivity contribution in [3.8, 4) is 0 Å². The van der Waals surface area contributed by atoms with Gasteiger partial charge in [-0.3, -0.25) is 0 Å². The standard InChI is InChI=1S/C2H3ClO3/c3-6-2(5)1-4/h4H,1H2. The van der Waals surface area contributed by atoms with Gasteiger partial charge in [0.2, 0.25) is 0 Å². The van der Waals surface area contributed by atoms with E-state index in [4.69, 9.17) is 5.11 Å². The molecule has 4 heteroatoms. The van der Waals surface area contributed by atoms with E-state index in [0.717, 1.165) is 0 Å².